The van der Waals surface area contributed by atoms with Crippen LogP contribution in [-0.2, 0) is 27.7 Å². The Morgan fingerprint density at radius 3 is 1.69 bits per heavy atom. The van der Waals surface area contributed by atoms with E-state index in [9.17, 15) is 19.3 Å². The minimum Gasteiger partial charge on any atom is -0.394 e. The summed E-state index contributed by atoms with van der Waals surface area (Å²) in [5.41, 5.74) is 1.01. The van der Waals surface area contributed by atoms with Gasteiger partial charge in [0.25, 0.3) is 0 Å². The second kappa shape index (κ2) is 15.0. The Hall–Kier alpha value is -3.35. The summed E-state index contributed by atoms with van der Waals surface area (Å²) in [6.45, 7) is -0.945. The van der Waals surface area contributed by atoms with Gasteiger partial charge in [0.2, 0.25) is 7.23 Å². The van der Waals surface area contributed by atoms with Crippen LogP contribution in [0.1, 0.15) is 12.5 Å². The minimum absolute atomic E-state index is 0.123. The number of aromatic nitrogens is 8. The maximum absolute atomic E-state index is 15.2. The molecular formula is C24H28F2N10O9P2S. The number of nitrogens with one attached hydrogen (secondary N) is 2. The molecule has 2 fully saturated rings. The zero-order valence-electron chi connectivity index (χ0n) is 24.3. The van der Waals surface area contributed by atoms with Gasteiger partial charge in [-0.1, -0.05) is 24.1 Å². The van der Waals surface area contributed by atoms with Crippen LogP contribution < -0.4 is 10.6 Å². The predicted molar refractivity (Wildman–Crippen MR) is 166 cm³/mol. The van der Waals surface area contributed by atoms with Crippen LogP contribution in [0.5, 0.6) is 0 Å². The van der Waals surface area contributed by atoms with Gasteiger partial charge in [0, 0.05) is 0 Å². The highest BCUT2D eigenvalue weighted by Gasteiger charge is 2.49. The van der Waals surface area contributed by atoms with Crippen molar-refractivity contribution in [1.82, 2.24) is 39.0 Å². The molecule has 10 atom stereocenters. The van der Waals surface area contributed by atoms with Crippen LogP contribution >= 0.6 is 27.7 Å². The summed E-state index contributed by atoms with van der Waals surface area (Å²) < 4.78 is 76.6. The van der Waals surface area contributed by atoms with Crippen LogP contribution in [0.2, 0.25) is 0 Å². The molecule has 6 rings (SSSR count). The molecule has 4 aromatic heterocycles. The lowest BCUT2D eigenvalue weighted by Crippen LogP contribution is -2.32. The number of alkyl halides is 2. The van der Waals surface area contributed by atoms with Crippen LogP contribution in [0.15, 0.2) is 25.3 Å². The van der Waals surface area contributed by atoms with E-state index in [1.165, 1.54) is 34.4 Å². The van der Waals surface area contributed by atoms with Gasteiger partial charge in [-0.25, -0.2) is 38.7 Å². The molecule has 5 N–H and O–H groups in total. The molecule has 0 spiro atoms. The molecule has 24 heteroatoms. The average molecular weight is 733 g/mol. The highest BCUT2D eigenvalue weighted by molar-refractivity contribution is 8.39. The number of hydrogen-bond acceptors (Lipinski definition) is 16. The first-order valence-electron chi connectivity index (χ1n) is 14.1. The zero-order valence-corrected chi connectivity index (χ0v) is 27.2. The number of imidazole rings is 2. The normalized spacial score (nSPS) is 28.4. The molecule has 6 heterocycles. The molecule has 4 aromatic rings. The highest BCUT2D eigenvalue weighted by Crippen LogP contribution is 2.42. The number of aliphatic hydroxyl groups excluding tert-OH is 2. The number of halogens is 2. The van der Waals surface area contributed by atoms with Gasteiger partial charge in [-0.2, -0.15) is 0 Å². The van der Waals surface area contributed by atoms with Gasteiger partial charge in [0.1, 0.15) is 37.1 Å². The van der Waals surface area contributed by atoms with Crippen molar-refractivity contribution in [3.63, 3.8) is 0 Å². The van der Waals surface area contributed by atoms with Crippen molar-refractivity contribution in [2.45, 2.75) is 49.2 Å². The van der Waals surface area contributed by atoms with E-state index in [1.807, 2.05) is 0 Å². The Labute approximate surface area is 275 Å². The second-order valence-electron chi connectivity index (χ2n) is 10.2. The lowest BCUT2D eigenvalue weighted by molar-refractivity contribution is -0.0436. The summed E-state index contributed by atoms with van der Waals surface area (Å²) >= 11 is 3.70. The number of rotatable bonds is 12. The van der Waals surface area contributed by atoms with Gasteiger partial charge < -0.3 is 44.3 Å². The Balaban J connectivity index is 1.08. The van der Waals surface area contributed by atoms with Crippen molar-refractivity contribution in [3.8, 4) is 11.8 Å². The lowest BCUT2D eigenvalue weighted by atomic mass is 10.1. The van der Waals surface area contributed by atoms with Crippen molar-refractivity contribution in [3.05, 3.63) is 25.3 Å². The molecule has 0 amide bonds. The van der Waals surface area contributed by atoms with Gasteiger partial charge in [0.15, 0.2) is 58.8 Å². The SMILES string of the molecule is O=[PH](O)O[C@H]1[C@@H](F)[C@H](n2cnc3c(NCC#CCNc4ncnc5c4ncn5[C@@H]4O[C@H](CO)[C@@H](O[PH](=O)S)[C@H]4F)ncnc32)O[C@@H]1CO. The fourth-order valence-electron chi connectivity index (χ4n) is 5.36. The van der Waals surface area contributed by atoms with Crippen LogP contribution in [-0.4, -0.2) is 117 Å². The lowest BCUT2D eigenvalue weighted by Gasteiger charge is -2.16. The quantitative estimate of drug-likeness (QED) is 0.0657. The van der Waals surface area contributed by atoms with Crippen molar-refractivity contribution >= 4 is 61.7 Å². The monoisotopic (exact) mass is 732 g/mol. The topological polar surface area (TPSA) is 243 Å². The summed E-state index contributed by atoms with van der Waals surface area (Å²) in [4.78, 5) is 34.3. The van der Waals surface area contributed by atoms with Crippen LogP contribution in [0.4, 0.5) is 20.4 Å². The Kier molecular flexibility index (Phi) is 10.8. The molecule has 0 radical (unpaired) electrons. The van der Waals surface area contributed by atoms with Gasteiger partial charge in [-0.05, 0) is 0 Å². The van der Waals surface area contributed by atoms with Crippen molar-refractivity contribution in [2.24, 2.45) is 0 Å². The van der Waals surface area contributed by atoms with Gasteiger partial charge in [0.05, 0.1) is 39.0 Å². The maximum atomic E-state index is 15.2. The Morgan fingerprint density at radius 2 is 1.27 bits per heavy atom. The second-order valence-corrected chi connectivity index (χ2v) is 12.9. The summed E-state index contributed by atoms with van der Waals surface area (Å²) in [7, 11) is -6.30. The van der Waals surface area contributed by atoms with E-state index in [-0.39, 0.29) is 29.9 Å². The van der Waals surface area contributed by atoms with Crippen LogP contribution in [0, 0.1) is 11.8 Å². The van der Waals surface area contributed by atoms with Crippen molar-refractivity contribution in [1.29, 1.82) is 0 Å². The number of nitrogens with zero attached hydrogens (tertiary/aromatic N) is 8. The third kappa shape index (κ3) is 6.89. The fraction of sp³-hybridized carbons (Fsp3) is 0.500. The number of hydrogen-bond donors (Lipinski definition) is 6. The van der Waals surface area contributed by atoms with E-state index in [4.69, 9.17) is 23.4 Å². The summed E-state index contributed by atoms with van der Waals surface area (Å²) in [5.74, 6) is 6.42. The van der Waals surface area contributed by atoms with E-state index < -0.39 is 77.9 Å². The third-order valence-electron chi connectivity index (χ3n) is 7.45. The summed E-state index contributed by atoms with van der Waals surface area (Å²) in [6.07, 6.45) is -6.23. The number of anilines is 2. The third-order valence-corrected chi connectivity index (χ3v) is 8.71. The average Bonchev–Trinajstić information content (AvgIpc) is 3.83. The number of ether oxygens (including phenoxy) is 2. The molecule has 19 nitrogen and oxygen atoms in total. The zero-order chi connectivity index (χ0) is 33.9. The van der Waals surface area contributed by atoms with E-state index in [0.717, 1.165) is 0 Å². The molecular weight excluding hydrogens is 704 g/mol. The number of aliphatic hydroxyl groups is 2. The smallest absolute Gasteiger partial charge is 0.317 e. The first-order valence-corrected chi connectivity index (χ1v) is 18.0. The molecule has 0 bridgehead atoms. The first-order chi connectivity index (χ1) is 23.2. The van der Waals surface area contributed by atoms with Gasteiger partial charge >= 0.3 is 8.25 Å². The molecule has 2 aliphatic heterocycles. The Bertz CT molecular complexity index is 1750. The summed E-state index contributed by atoms with van der Waals surface area (Å²) in [5, 5.41) is 25.2. The Morgan fingerprint density at radius 1 is 0.812 bits per heavy atom. The predicted octanol–water partition coefficient (Wildman–Crippen LogP) is 0.421. The van der Waals surface area contributed by atoms with E-state index in [2.05, 4.69) is 64.6 Å². The molecule has 0 aromatic carbocycles. The standard InChI is InChI=1S/C24H28F2N10O9P2S/c25-13-17(44-46(39)40)11(5-37)42-23(13)35-9-33-15-19(29-7-31-21(15)35)27-3-1-2-4-28-20-16-22(32-8-30-20)36(10-34-16)24-14(26)18(45-47(41)48)12(6-38)43-24/h7-14,17-18,23-24,37-38,46-47H,3-6H2,(H,39,40)(H,41,48)(H,27,29,31)(H,28,30,32)/t11-,12-,13-,14-,17-,18-,23-,24-/m1/s1. The van der Waals surface area contributed by atoms with E-state index in [1.54, 1.807) is 0 Å². The largest absolute Gasteiger partial charge is 0.394 e. The van der Waals surface area contributed by atoms with Crippen molar-refractivity contribution in [2.75, 3.05) is 36.9 Å². The first kappa shape index (κ1) is 34.5. The molecule has 2 saturated heterocycles. The summed E-state index contributed by atoms with van der Waals surface area (Å²) in [6, 6.07) is 0. The molecule has 0 saturated carbocycles. The molecule has 0 aliphatic carbocycles. The van der Waals surface area contributed by atoms with E-state index in [0.29, 0.717) is 17.2 Å². The molecule has 2 unspecified atom stereocenters. The minimum atomic E-state index is -3.49. The molecule has 48 heavy (non-hydrogen) atoms. The number of fused-ring (bicyclic) bond motifs is 2. The number of thiol groups is 1. The van der Waals surface area contributed by atoms with Gasteiger partial charge in [-0.15, -0.1) is 0 Å². The highest BCUT2D eigenvalue weighted by atomic mass is 32.7. The fourth-order valence-corrected chi connectivity index (χ4v) is 6.75. The maximum Gasteiger partial charge on any atom is 0.317 e. The molecule has 258 valence electrons. The van der Waals surface area contributed by atoms with Gasteiger partial charge in [-0.3, -0.25) is 18.3 Å². The van der Waals surface area contributed by atoms with Crippen molar-refractivity contribution < 1.29 is 51.5 Å². The van der Waals surface area contributed by atoms with Crippen LogP contribution in [0.3, 0.4) is 0 Å². The van der Waals surface area contributed by atoms with E-state index >= 15 is 8.78 Å². The van der Waals surface area contributed by atoms with Crippen LogP contribution in [0.25, 0.3) is 22.3 Å². The molecule has 2 aliphatic rings.